The van der Waals surface area contributed by atoms with Crippen LogP contribution in [0.1, 0.15) is 43.2 Å². The van der Waals surface area contributed by atoms with Crippen molar-refractivity contribution in [2.45, 2.75) is 50.0 Å². The van der Waals surface area contributed by atoms with E-state index in [4.69, 9.17) is 0 Å². The summed E-state index contributed by atoms with van der Waals surface area (Å²) in [5.41, 5.74) is 3.83. The third kappa shape index (κ3) is 6.77. The van der Waals surface area contributed by atoms with Crippen molar-refractivity contribution in [2.75, 3.05) is 11.2 Å². The number of nitrogens with one attached hydrogen (secondary N) is 3. The van der Waals surface area contributed by atoms with Crippen molar-refractivity contribution in [1.29, 1.82) is 0 Å². The Labute approximate surface area is 169 Å². The van der Waals surface area contributed by atoms with Crippen molar-refractivity contribution in [1.82, 2.24) is 20.5 Å². The SMILES string of the molecule is O=C(CSc1n[nH]c(NN=C2CCCCC2)n1)NCc1ccc(C(F)(F)F)cc1. The van der Waals surface area contributed by atoms with Crippen LogP contribution in [0.25, 0.3) is 0 Å². The molecule has 7 nitrogen and oxygen atoms in total. The number of carbonyl (C=O) groups is 1. The second-order valence-electron chi connectivity index (χ2n) is 6.58. The van der Waals surface area contributed by atoms with Gasteiger partial charge in [-0.15, -0.1) is 5.10 Å². The number of benzene rings is 1. The summed E-state index contributed by atoms with van der Waals surface area (Å²) >= 11 is 1.15. The van der Waals surface area contributed by atoms with Gasteiger partial charge in [-0.25, -0.2) is 10.5 Å². The second-order valence-corrected chi connectivity index (χ2v) is 7.52. The van der Waals surface area contributed by atoms with Gasteiger partial charge in [0.25, 0.3) is 0 Å². The number of amides is 1. The molecule has 0 bridgehead atoms. The van der Waals surface area contributed by atoms with Crippen molar-refractivity contribution >= 4 is 29.3 Å². The Morgan fingerprint density at radius 2 is 1.90 bits per heavy atom. The van der Waals surface area contributed by atoms with Crippen molar-refractivity contribution < 1.29 is 18.0 Å². The molecule has 3 rings (SSSR count). The third-order valence-corrected chi connectivity index (χ3v) is 5.17. The highest BCUT2D eigenvalue weighted by molar-refractivity contribution is 7.99. The van der Waals surface area contributed by atoms with E-state index < -0.39 is 11.7 Å². The van der Waals surface area contributed by atoms with Crippen LogP contribution in [0.4, 0.5) is 19.1 Å². The van der Waals surface area contributed by atoms with Crippen molar-refractivity contribution in [2.24, 2.45) is 5.10 Å². The van der Waals surface area contributed by atoms with Crippen LogP contribution in [0.15, 0.2) is 34.5 Å². The molecule has 1 amide bonds. The van der Waals surface area contributed by atoms with Crippen LogP contribution in [-0.2, 0) is 17.5 Å². The van der Waals surface area contributed by atoms with Gasteiger partial charge in [0, 0.05) is 12.3 Å². The lowest BCUT2D eigenvalue weighted by Crippen LogP contribution is -2.24. The molecule has 2 aromatic rings. The fraction of sp³-hybridized carbons (Fsp3) is 0.444. The van der Waals surface area contributed by atoms with E-state index in [0.717, 1.165) is 55.3 Å². The number of aromatic nitrogens is 3. The topological polar surface area (TPSA) is 95.1 Å². The normalized spacial score (nSPS) is 14.5. The van der Waals surface area contributed by atoms with E-state index in [0.29, 0.717) is 16.7 Å². The third-order valence-electron chi connectivity index (χ3n) is 4.32. The zero-order valence-corrected chi connectivity index (χ0v) is 16.4. The lowest BCUT2D eigenvalue weighted by Gasteiger charge is -2.11. The molecule has 3 N–H and O–H groups in total. The first-order valence-electron chi connectivity index (χ1n) is 9.19. The smallest absolute Gasteiger partial charge is 0.351 e. The van der Waals surface area contributed by atoms with Gasteiger partial charge in [-0.1, -0.05) is 30.3 Å². The highest BCUT2D eigenvalue weighted by Crippen LogP contribution is 2.29. The molecule has 1 saturated carbocycles. The Hall–Kier alpha value is -2.56. The molecule has 1 aliphatic carbocycles. The highest BCUT2D eigenvalue weighted by atomic mass is 32.2. The van der Waals surface area contributed by atoms with Crippen LogP contribution >= 0.6 is 11.8 Å². The summed E-state index contributed by atoms with van der Waals surface area (Å²) in [5.74, 6) is 0.235. The number of aromatic amines is 1. The van der Waals surface area contributed by atoms with Crippen LogP contribution in [0.5, 0.6) is 0 Å². The molecule has 0 radical (unpaired) electrons. The van der Waals surface area contributed by atoms with Gasteiger partial charge in [0.15, 0.2) is 0 Å². The Kier molecular flexibility index (Phi) is 7.13. The number of alkyl halides is 3. The first-order chi connectivity index (χ1) is 13.9. The van der Waals surface area contributed by atoms with Crippen molar-refractivity contribution in [3.8, 4) is 0 Å². The number of nitrogens with zero attached hydrogens (tertiary/aromatic N) is 3. The molecule has 1 aromatic carbocycles. The summed E-state index contributed by atoms with van der Waals surface area (Å²) in [7, 11) is 0. The van der Waals surface area contributed by atoms with Crippen LogP contribution in [-0.4, -0.2) is 32.6 Å². The lowest BCUT2D eigenvalue weighted by molar-refractivity contribution is -0.137. The first-order valence-corrected chi connectivity index (χ1v) is 10.2. The van der Waals surface area contributed by atoms with Gasteiger partial charge in [-0.2, -0.15) is 23.3 Å². The van der Waals surface area contributed by atoms with Gasteiger partial charge in [0.1, 0.15) is 0 Å². The van der Waals surface area contributed by atoms with E-state index in [2.05, 4.69) is 31.0 Å². The lowest BCUT2D eigenvalue weighted by atomic mass is 9.99. The average molecular weight is 426 g/mol. The fourth-order valence-corrected chi connectivity index (χ4v) is 3.39. The summed E-state index contributed by atoms with van der Waals surface area (Å²) in [4.78, 5) is 16.1. The molecule has 0 spiro atoms. The number of thioether (sulfide) groups is 1. The molecule has 156 valence electrons. The van der Waals surface area contributed by atoms with E-state index in [1.54, 1.807) is 0 Å². The number of hydrogen-bond donors (Lipinski definition) is 3. The standard InChI is InChI=1S/C18H21F3N6OS/c19-18(20,21)13-8-6-12(7-9-13)10-22-15(28)11-29-17-23-16(26-27-17)25-24-14-4-2-1-3-5-14/h6-9H,1-5,10-11H2,(H,22,28)(H2,23,25,26,27). The summed E-state index contributed by atoms with van der Waals surface area (Å²) < 4.78 is 37.6. The van der Waals surface area contributed by atoms with Crippen LogP contribution in [0.2, 0.25) is 0 Å². The molecular formula is C18H21F3N6OS. The fourth-order valence-electron chi connectivity index (χ4n) is 2.76. The van der Waals surface area contributed by atoms with Crippen LogP contribution in [0.3, 0.4) is 0 Å². The van der Waals surface area contributed by atoms with Crippen LogP contribution < -0.4 is 10.7 Å². The number of halogens is 3. The summed E-state index contributed by atoms with van der Waals surface area (Å²) in [6, 6.07) is 4.68. The maximum atomic E-state index is 12.5. The Balaban J connectivity index is 1.40. The minimum atomic E-state index is -4.37. The van der Waals surface area contributed by atoms with Gasteiger partial charge in [0.2, 0.25) is 17.0 Å². The Morgan fingerprint density at radius 1 is 1.17 bits per heavy atom. The second kappa shape index (κ2) is 9.77. The molecule has 0 unspecified atom stereocenters. The van der Waals surface area contributed by atoms with E-state index in [1.165, 1.54) is 18.6 Å². The van der Waals surface area contributed by atoms with Gasteiger partial charge in [-0.05, 0) is 43.4 Å². The Morgan fingerprint density at radius 3 is 2.59 bits per heavy atom. The minimum Gasteiger partial charge on any atom is -0.351 e. The molecule has 1 fully saturated rings. The van der Waals surface area contributed by atoms with Gasteiger partial charge in [-0.3, -0.25) is 4.79 Å². The van der Waals surface area contributed by atoms with E-state index in [-0.39, 0.29) is 18.2 Å². The van der Waals surface area contributed by atoms with E-state index in [1.807, 2.05) is 0 Å². The number of carbonyl (C=O) groups excluding carboxylic acids is 1. The van der Waals surface area contributed by atoms with Gasteiger partial charge >= 0.3 is 6.18 Å². The maximum absolute atomic E-state index is 12.5. The van der Waals surface area contributed by atoms with Crippen LogP contribution in [0, 0.1) is 0 Å². The summed E-state index contributed by atoms with van der Waals surface area (Å²) in [6.45, 7) is 0.149. The maximum Gasteiger partial charge on any atom is 0.416 e. The number of hydrogen-bond acceptors (Lipinski definition) is 6. The summed E-state index contributed by atoms with van der Waals surface area (Å²) in [6.07, 6.45) is 1.15. The van der Waals surface area contributed by atoms with Gasteiger partial charge < -0.3 is 5.32 Å². The number of hydrazone groups is 1. The largest absolute Gasteiger partial charge is 0.416 e. The predicted molar refractivity (Wildman–Crippen MR) is 105 cm³/mol. The number of rotatable bonds is 7. The zero-order valence-electron chi connectivity index (χ0n) is 15.6. The molecule has 1 heterocycles. The first kappa shape index (κ1) is 21.2. The quantitative estimate of drug-likeness (QED) is 0.460. The monoisotopic (exact) mass is 426 g/mol. The van der Waals surface area contributed by atoms with E-state index >= 15 is 0 Å². The molecular weight excluding hydrogens is 405 g/mol. The molecule has 0 aliphatic heterocycles. The minimum absolute atomic E-state index is 0.0897. The highest BCUT2D eigenvalue weighted by Gasteiger charge is 2.29. The van der Waals surface area contributed by atoms with Crippen molar-refractivity contribution in [3.05, 3.63) is 35.4 Å². The molecule has 11 heteroatoms. The predicted octanol–water partition coefficient (Wildman–Crippen LogP) is 3.96. The van der Waals surface area contributed by atoms with Crippen molar-refractivity contribution in [3.63, 3.8) is 0 Å². The molecule has 0 atom stereocenters. The number of anilines is 1. The average Bonchev–Trinajstić information content (AvgIpc) is 3.17. The molecule has 0 saturated heterocycles. The molecule has 29 heavy (non-hydrogen) atoms. The molecule has 1 aliphatic rings. The van der Waals surface area contributed by atoms with E-state index in [9.17, 15) is 18.0 Å². The zero-order chi connectivity index (χ0) is 20.7. The van der Waals surface area contributed by atoms with Gasteiger partial charge in [0.05, 0.1) is 11.3 Å². The Bertz CT molecular complexity index is 842. The summed E-state index contributed by atoms with van der Waals surface area (Å²) in [5, 5.41) is 14.1. The number of H-pyrrole nitrogens is 1. The molecule has 1 aromatic heterocycles.